The zero-order valence-corrected chi connectivity index (χ0v) is 8.85. The SMILES string of the molecule is CN(CC1CCC(CO)C1)C(=O)OC#N. The molecule has 0 aromatic rings. The first-order valence-electron chi connectivity index (χ1n) is 5.09. The molecular formula is C10H16N2O3. The molecule has 0 aromatic heterocycles. The van der Waals surface area contributed by atoms with Crippen LogP contribution in [-0.2, 0) is 4.74 Å². The molecule has 15 heavy (non-hydrogen) atoms. The lowest BCUT2D eigenvalue weighted by Gasteiger charge is -2.18. The molecule has 1 amide bonds. The van der Waals surface area contributed by atoms with Crippen molar-refractivity contribution in [1.29, 1.82) is 5.26 Å². The lowest BCUT2D eigenvalue weighted by molar-refractivity contribution is 0.144. The van der Waals surface area contributed by atoms with E-state index in [0.717, 1.165) is 19.3 Å². The average Bonchev–Trinajstić information content (AvgIpc) is 2.66. The number of rotatable bonds is 3. The fourth-order valence-corrected chi connectivity index (χ4v) is 2.09. The van der Waals surface area contributed by atoms with E-state index in [-0.39, 0.29) is 6.61 Å². The van der Waals surface area contributed by atoms with Crippen LogP contribution in [0.1, 0.15) is 19.3 Å². The first-order valence-corrected chi connectivity index (χ1v) is 5.09. The monoisotopic (exact) mass is 212 g/mol. The Kier molecular flexibility index (Phi) is 4.37. The normalized spacial score (nSPS) is 24.6. The first-order chi connectivity index (χ1) is 7.17. The largest absolute Gasteiger partial charge is 0.425 e. The van der Waals surface area contributed by atoms with Gasteiger partial charge in [-0.2, -0.15) is 0 Å². The third kappa shape index (κ3) is 3.40. The molecule has 1 N–H and O–H groups in total. The van der Waals surface area contributed by atoms with E-state index in [2.05, 4.69) is 4.74 Å². The summed E-state index contributed by atoms with van der Waals surface area (Å²) < 4.78 is 4.21. The van der Waals surface area contributed by atoms with Crippen LogP contribution in [0.15, 0.2) is 0 Å². The summed E-state index contributed by atoms with van der Waals surface area (Å²) in [5.74, 6) is 0.786. The van der Waals surface area contributed by atoms with Crippen LogP contribution in [-0.4, -0.2) is 36.3 Å². The van der Waals surface area contributed by atoms with E-state index >= 15 is 0 Å². The van der Waals surface area contributed by atoms with Crippen molar-refractivity contribution in [3.05, 3.63) is 0 Å². The number of carbonyl (C=O) groups is 1. The van der Waals surface area contributed by atoms with Gasteiger partial charge in [0.2, 0.25) is 0 Å². The molecule has 5 heteroatoms. The Morgan fingerprint density at radius 2 is 2.27 bits per heavy atom. The summed E-state index contributed by atoms with van der Waals surface area (Å²) in [6, 6.07) is 0. The number of nitriles is 1. The summed E-state index contributed by atoms with van der Waals surface area (Å²) in [4.78, 5) is 12.5. The van der Waals surface area contributed by atoms with E-state index in [1.54, 1.807) is 7.05 Å². The van der Waals surface area contributed by atoms with Crippen molar-refractivity contribution in [2.75, 3.05) is 20.2 Å². The fraction of sp³-hybridized carbons (Fsp3) is 0.800. The highest BCUT2D eigenvalue weighted by atomic mass is 16.5. The van der Waals surface area contributed by atoms with Crippen LogP contribution >= 0.6 is 0 Å². The Bertz CT molecular complexity index is 262. The minimum absolute atomic E-state index is 0.225. The molecule has 0 aliphatic heterocycles. The van der Waals surface area contributed by atoms with Gasteiger partial charge in [-0.3, -0.25) is 0 Å². The van der Waals surface area contributed by atoms with Gasteiger partial charge in [0.1, 0.15) is 0 Å². The molecular weight excluding hydrogens is 196 g/mol. The van der Waals surface area contributed by atoms with E-state index in [1.165, 1.54) is 11.2 Å². The van der Waals surface area contributed by atoms with Crippen LogP contribution in [0.25, 0.3) is 0 Å². The molecule has 84 valence electrons. The third-order valence-electron chi connectivity index (χ3n) is 2.88. The molecule has 0 saturated heterocycles. The van der Waals surface area contributed by atoms with Gasteiger partial charge in [-0.05, 0) is 31.1 Å². The third-order valence-corrected chi connectivity index (χ3v) is 2.88. The topological polar surface area (TPSA) is 73.6 Å². The van der Waals surface area contributed by atoms with Crippen LogP contribution in [0.4, 0.5) is 4.79 Å². The lowest BCUT2D eigenvalue weighted by Crippen LogP contribution is -2.30. The van der Waals surface area contributed by atoms with Crippen molar-refractivity contribution in [3.8, 4) is 6.26 Å². The molecule has 1 aliphatic rings. The molecule has 1 fully saturated rings. The van der Waals surface area contributed by atoms with Gasteiger partial charge in [0.15, 0.2) is 0 Å². The van der Waals surface area contributed by atoms with Gasteiger partial charge in [0.25, 0.3) is 6.26 Å². The van der Waals surface area contributed by atoms with Gasteiger partial charge in [-0.1, -0.05) is 0 Å². The van der Waals surface area contributed by atoms with E-state index in [0.29, 0.717) is 18.4 Å². The number of aliphatic hydroxyl groups excluding tert-OH is 1. The number of hydrogen-bond donors (Lipinski definition) is 1. The first kappa shape index (κ1) is 11.8. The summed E-state index contributed by atoms with van der Waals surface area (Å²) in [5, 5.41) is 17.1. The fourth-order valence-electron chi connectivity index (χ4n) is 2.09. The molecule has 1 saturated carbocycles. The Morgan fingerprint density at radius 3 is 2.80 bits per heavy atom. The summed E-state index contributed by atoms with van der Waals surface area (Å²) >= 11 is 0. The number of aliphatic hydroxyl groups is 1. The van der Waals surface area contributed by atoms with Gasteiger partial charge in [0.05, 0.1) is 0 Å². The van der Waals surface area contributed by atoms with Gasteiger partial charge in [-0.15, -0.1) is 5.26 Å². The Balaban J connectivity index is 2.30. The second-order valence-electron chi connectivity index (χ2n) is 4.07. The van der Waals surface area contributed by atoms with Crippen molar-refractivity contribution in [2.45, 2.75) is 19.3 Å². The van der Waals surface area contributed by atoms with E-state index < -0.39 is 6.09 Å². The quantitative estimate of drug-likeness (QED) is 0.707. The smallest absolute Gasteiger partial charge is 0.396 e. The summed E-state index contributed by atoms with van der Waals surface area (Å²) in [6.45, 7) is 0.819. The molecule has 0 radical (unpaired) electrons. The summed E-state index contributed by atoms with van der Waals surface area (Å²) in [6.07, 6.45) is 3.74. The number of hydrogen-bond acceptors (Lipinski definition) is 4. The number of amides is 1. The highest BCUT2D eigenvalue weighted by molar-refractivity contribution is 5.68. The molecule has 5 nitrogen and oxygen atoms in total. The maximum absolute atomic E-state index is 11.1. The Hall–Kier alpha value is -1.28. The molecule has 0 heterocycles. The van der Waals surface area contributed by atoms with Crippen LogP contribution in [0.2, 0.25) is 0 Å². The number of carbonyl (C=O) groups excluding carboxylic acids is 1. The highest BCUT2D eigenvalue weighted by Crippen LogP contribution is 2.30. The van der Waals surface area contributed by atoms with Crippen LogP contribution in [0.5, 0.6) is 0 Å². The zero-order chi connectivity index (χ0) is 11.3. The Labute approximate surface area is 89.2 Å². The highest BCUT2D eigenvalue weighted by Gasteiger charge is 2.26. The van der Waals surface area contributed by atoms with Crippen molar-refractivity contribution >= 4 is 6.09 Å². The van der Waals surface area contributed by atoms with Crippen molar-refractivity contribution in [2.24, 2.45) is 11.8 Å². The van der Waals surface area contributed by atoms with E-state index in [1.807, 2.05) is 0 Å². The molecule has 0 spiro atoms. The molecule has 0 aromatic carbocycles. The number of nitrogens with zero attached hydrogens (tertiary/aromatic N) is 2. The summed E-state index contributed by atoms with van der Waals surface area (Å²) in [5.41, 5.74) is 0. The molecule has 1 rings (SSSR count). The average molecular weight is 212 g/mol. The maximum atomic E-state index is 11.1. The van der Waals surface area contributed by atoms with Crippen molar-refractivity contribution in [1.82, 2.24) is 4.90 Å². The van der Waals surface area contributed by atoms with E-state index in [4.69, 9.17) is 10.4 Å². The molecule has 1 aliphatic carbocycles. The predicted molar refractivity (Wildman–Crippen MR) is 52.6 cm³/mol. The van der Waals surface area contributed by atoms with Crippen LogP contribution in [0.3, 0.4) is 0 Å². The minimum Gasteiger partial charge on any atom is -0.396 e. The van der Waals surface area contributed by atoms with E-state index in [9.17, 15) is 4.79 Å². The van der Waals surface area contributed by atoms with Gasteiger partial charge in [0, 0.05) is 20.2 Å². The standard InChI is InChI=1S/C10H16N2O3/c1-12(10(14)15-7-11)5-8-2-3-9(4-8)6-13/h8-9,13H,2-6H2,1H3. The van der Waals surface area contributed by atoms with Crippen molar-refractivity contribution < 1.29 is 14.6 Å². The van der Waals surface area contributed by atoms with Gasteiger partial charge < -0.3 is 14.7 Å². The summed E-state index contributed by atoms with van der Waals surface area (Å²) in [7, 11) is 1.62. The number of ether oxygens (including phenoxy) is 1. The molecule has 0 bridgehead atoms. The second-order valence-corrected chi connectivity index (χ2v) is 4.07. The lowest BCUT2D eigenvalue weighted by atomic mass is 10.1. The van der Waals surface area contributed by atoms with Gasteiger partial charge in [-0.25, -0.2) is 4.79 Å². The van der Waals surface area contributed by atoms with Gasteiger partial charge >= 0.3 is 6.09 Å². The van der Waals surface area contributed by atoms with Crippen LogP contribution in [0, 0.1) is 23.4 Å². The minimum atomic E-state index is -0.607. The second kappa shape index (κ2) is 5.56. The van der Waals surface area contributed by atoms with Crippen LogP contribution < -0.4 is 0 Å². The Morgan fingerprint density at radius 1 is 1.60 bits per heavy atom. The maximum Gasteiger partial charge on any atom is 0.425 e. The molecule has 2 atom stereocenters. The predicted octanol–water partition coefficient (Wildman–Crippen LogP) is 0.944. The zero-order valence-electron chi connectivity index (χ0n) is 8.85. The molecule has 2 unspecified atom stereocenters. The van der Waals surface area contributed by atoms with Crippen molar-refractivity contribution in [3.63, 3.8) is 0 Å².